The predicted octanol–water partition coefficient (Wildman–Crippen LogP) is 6.29. The zero-order valence-electron chi connectivity index (χ0n) is 19.1. The van der Waals surface area contributed by atoms with Crippen LogP contribution in [-0.2, 0) is 6.67 Å². The first-order chi connectivity index (χ1) is 15.6. The molecule has 3 heterocycles. The lowest BCUT2D eigenvalue weighted by Gasteiger charge is -2.40. The maximum Gasteiger partial charge on any atom is 0.313 e. The minimum Gasteiger partial charge on any atom is -0.493 e. The van der Waals surface area contributed by atoms with Crippen molar-refractivity contribution in [3.63, 3.8) is 0 Å². The molecule has 5 rings (SSSR count). The van der Waals surface area contributed by atoms with Gasteiger partial charge in [-0.3, -0.25) is 19.2 Å². The summed E-state index contributed by atoms with van der Waals surface area (Å²) in [5, 5.41) is 20.0. The van der Waals surface area contributed by atoms with Gasteiger partial charge < -0.3 is 5.11 Å². The van der Waals surface area contributed by atoms with E-state index < -0.39 is 5.91 Å². The molecular formula is C25H28BrN5O2. The van der Waals surface area contributed by atoms with Crippen molar-refractivity contribution in [1.29, 1.82) is 0 Å². The van der Waals surface area contributed by atoms with Gasteiger partial charge in [-0.2, -0.15) is 0 Å². The summed E-state index contributed by atoms with van der Waals surface area (Å²) in [5.41, 5.74) is 1.99. The van der Waals surface area contributed by atoms with E-state index in [1.807, 2.05) is 22.8 Å². The Balaban J connectivity index is 1.50. The number of azo groups is 1. The number of benzene rings is 1. The molecule has 1 N–H and O–H groups in total. The summed E-state index contributed by atoms with van der Waals surface area (Å²) in [6.07, 6.45) is 5.09. The normalized spacial score (nSPS) is 24.7. The molecule has 3 aromatic rings. The van der Waals surface area contributed by atoms with Crippen molar-refractivity contribution in [2.45, 2.75) is 52.7 Å². The second kappa shape index (κ2) is 8.02. The number of hydrogen-bond donors (Lipinski definition) is 1. The maximum atomic E-state index is 12.4. The second-order valence-corrected chi connectivity index (χ2v) is 11.5. The number of aromatic nitrogens is 2. The highest BCUT2D eigenvalue weighted by molar-refractivity contribution is 9.10. The van der Waals surface area contributed by atoms with E-state index in [-0.39, 0.29) is 11.6 Å². The number of amides is 1. The molecule has 2 aliphatic rings. The number of nitrogens with zero attached hydrogens (tertiary/aromatic N) is 5. The number of pyridine rings is 1. The van der Waals surface area contributed by atoms with Crippen LogP contribution in [0, 0.1) is 10.8 Å². The number of carbonyl (C=O) groups is 1. The molecule has 2 bridgehead atoms. The van der Waals surface area contributed by atoms with E-state index in [1.54, 1.807) is 18.2 Å². The smallest absolute Gasteiger partial charge is 0.313 e. The van der Waals surface area contributed by atoms with Gasteiger partial charge in [-0.25, -0.2) is 0 Å². The fraction of sp³-hybridized carbons (Fsp3) is 0.440. The highest BCUT2D eigenvalue weighted by Crippen LogP contribution is 2.53. The standard InChI is InChI=1S/C25H28BrN5O2/c1-24(2)11-17-12-25(3,13-24)14-30(17)15-31-20-8-7-16(26)10-18(20)21(23(31)33)28-29-22(32)19-6-4-5-9-27-19/h4-10,17,33H,11-15H2,1-3H3/t17-,25-/m1/s1. The number of rotatable bonds is 4. The van der Waals surface area contributed by atoms with Crippen LogP contribution in [-0.4, -0.2) is 38.1 Å². The molecule has 2 fully saturated rings. The lowest BCUT2D eigenvalue weighted by molar-refractivity contribution is 0.0990. The summed E-state index contributed by atoms with van der Waals surface area (Å²) in [4.78, 5) is 18.9. The Labute approximate surface area is 201 Å². The van der Waals surface area contributed by atoms with Crippen LogP contribution in [0.5, 0.6) is 5.88 Å². The van der Waals surface area contributed by atoms with Gasteiger partial charge in [-0.05, 0) is 60.4 Å². The Morgan fingerprint density at radius 3 is 2.82 bits per heavy atom. The molecule has 2 aromatic heterocycles. The fourth-order valence-corrected chi connectivity index (χ4v) is 6.46. The number of carbonyl (C=O) groups excluding carboxylic acids is 1. The van der Waals surface area contributed by atoms with Crippen LogP contribution in [0.3, 0.4) is 0 Å². The Morgan fingerprint density at radius 1 is 1.24 bits per heavy atom. The lowest BCUT2D eigenvalue weighted by atomic mass is 9.65. The Kier molecular flexibility index (Phi) is 5.40. The summed E-state index contributed by atoms with van der Waals surface area (Å²) >= 11 is 3.51. The number of likely N-dealkylation sites (tertiary alicyclic amines) is 1. The van der Waals surface area contributed by atoms with Crippen molar-refractivity contribution in [3.05, 3.63) is 52.8 Å². The van der Waals surface area contributed by atoms with Gasteiger partial charge in [0.15, 0.2) is 5.69 Å². The van der Waals surface area contributed by atoms with Crippen LogP contribution >= 0.6 is 15.9 Å². The second-order valence-electron chi connectivity index (χ2n) is 10.6. The summed E-state index contributed by atoms with van der Waals surface area (Å²) in [6, 6.07) is 11.4. The highest BCUT2D eigenvalue weighted by Gasteiger charge is 2.49. The number of hydrogen-bond acceptors (Lipinski definition) is 5. The highest BCUT2D eigenvalue weighted by atomic mass is 79.9. The average Bonchev–Trinajstić information content (AvgIpc) is 3.15. The molecule has 0 radical (unpaired) electrons. The van der Waals surface area contributed by atoms with Crippen molar-refractivity contribution in [2.24, 2.45) is 21.1 Å². The van der Waals surface area contributed by atoms with Gasteiger partial charge in [-0.1, -0.05) is 42.8 Å². The van der Waals surface area contributed by atoms with Crippen LogP contribution < -0.4 is 0 Å². The van der Waals surface area contributed by atoms with Crippen LogP contribution in [0.25, 0.3) is 10.9 Å². The van der Waals surface area contributed by atoms with Crippen molar-refractivity contribution >= 4 is 38.4 Å². The topological polar surface area (TPSA) is 83.1 Å². The molecule has 1 aromatic carbocycles. The zero-order chi connectivity index (χ0) is 23.4. The third-order valence-electron chi connectivity index (χ3n) is 6.94. The number of halogens is 1. The van der Waals surface area contributed by atoms with E-state index in [9.17, 15) is 9.90 Å². The van der Waals surface area contributed by atoms with Crippen molar-refractivity contribution in [3.8, 4) is 5.88 Å². The van der Waals surface area contributed by atoms with Crippen molar-refractivity contribution in [2.75, 3.05) is 6.54 Å². The first-order valence-electron chi connectivity index (χ1n) is 11.3. The van der Waals surface area contributed by atoms with Gasteiger partial charge in [0.1, 0.15) is 5.69 Å². The van der Waals surface area contributed by atoms with Gasteiger partial charge in [-0.15, -0.1) is 10.2 Å². The van der Waals surface area contributed by atoms with E-state index >= 15 is 0 Å². The molecule has 33 heavy (non-hydrogen) atoms. The minimum atomic E-state index is -0.547. The summed E-state index contributed by atoms with van der Waals surface area (Å²) in [7, 11) is 0. The third-order valence-corrected chi connectivity index (χ3v) is 7.44. The molecular weight excluding hydrogens is 482 g/mol. The van der Waals surface area contributed by atoms with Crippen LogP contribution in [0.1, 0.15) is 50.5 Å². The lowest BCUT2D eigenvalue weighted by Crippen LogP contribution is -2.35. The van der Waals surface area contributed by atoms with Crippen molar-refractivity contribution < 1.29 is 9.90 Å². The predicted molar refractivity (Wildman–Crippen MR) is 131 cm³/mol. The van der Waals surface area contributed by atoms with Gasteiger partial charge in [0.2, 0.25) is 5.88 Å². The maximum absolute atomic E-state index is 12.4. The van der Waals surface area contributed by atoms with E-state index in [4.69, 9.17) is 0 Å². The fourth-order valence-electron chi connectivity index (χ4n) is 6.10. The minimum absolute atomic E-state index is 0.0199. The largest absolute Gasteiger partial charge is 0.493 e. The molecule has 1 saturated carbocycles. The number of fused-ring (bicyclic) bond motifs is 3. The molecule has 0 unspecified atom stereocenters. The molecule has 172 valence electrons. The molecule has 7 nitrogen and oxygen atoms in total. The van der Waals surface area contributed by atoms with Gasteiger partial charge in [0.05, 0.1) is 12.2 Å². The molecule has 1 aliphatic heterocycles. The monoisotopic (exact) mass is 509 g/mol. The summed E-state index contributed by atoms with van der Waals surface area (Å²) in [5.74, 6) is -0.527. The SMILES string of the molecule is CC1(C)C[C@@H]2C[C@@](C)(CN2Cn2c(O)c(N=NC(=O)c3ccccn3)c3cc(Br)ccc32)C1. The molecule has 1 aliphatic carbocycles. The van der Waals surface area contributed by atoms with Crippen LogP contribution in [0.4, 0.5) is 5.69 Å². The molecule has 1 amide bonds. The Morgan fingerprint density at radius 2 is 2.06 bits per heavy atom. The first kappa shape index (κ1) is 22.2. The Hall–Kier alpha value is -2.58. The first-order valence-corrected chi connectivity index (χ1v) is 12.1. The molecule has 1 saturated heterocycles. The molecule has 2 atom stereocenters. The third kappa shape index (κ3) is 4.22. The van der Waals surface area contributed by atoms with Gasteiger partial charge >= 0.3 is 5.91 Å². The van der Waals surface area contributed by atoms with Crippen LogP contribution in [0.15, 0.2) is 57.3 Å². The summed E-state index contributed by atoms with van der Waals surface area (Å²) in [6.45, 7) is 8.68. The quantitative estimate of drug-likeness (QED) is 0.419. The van der Waals surface area contributed by atoms with E-state index in [2.05, 4.69) is 56.8 Å². The van der Waals surface area contributed by atoms with E-state index in [1.165, 1.54) is 19.0 Å². The number of aromatic hydroxyl groups is 1. The van der Waals surface area contributed by atoms with Crippen LogP contribution in [0.2, 0.25) is 0 Å². The molecule has 0 spiro atoms. The average molecular weight is 510 g/mol. The van der Waals surface area contributed by atoms with Gasteiger partial charge in [0.25, 0.3) is 0 Å². The zero-order valence-corrected chi connectivity index (χ0v) is 20.7. The van der Waals surface area contributed by atoms with E-state index in [0.29, 0.717) is 29.2 Å². The van der Waals surface area contributed by atoms with E-state index in [0.717, 1.165) is 28.3 Å². The summed E-state index contributed by atoms with van der Waals surface area (Å²) < 4.78 is 2.75. The Bertz CT molecular complexity index is 1250. The van der Waals surface area contributed by atoms with Crippen molar-refractivity contribution in [1.82, 2.24) is 14.5 Å². The molecule has 8 heteroatoms. The van der Waals surface area contributed by atoms with Gasteiger partial charge in [0, 0.05) is 28.6 Å².